The average molecular weight is 413 g/mol. The quantitative estimate of drug-likeness (QED) is 0.519. The third-order valence-electron chi connectivity index (χ3n) is 4.25. The summed E-state index contributed by atoms with van der Waals surface area (Å²) in [6.07, 6.45) is 1.23. The molecule has 3 N–H and O–H groups in total. The predicted octanol–water partition coefficient (Wildman–Crippen LogP) is 2.60. The number of para-hydroxylation sites is 1. The lowest BCUT2D eigenvalue weighted by Gasteiger charge is -2.13. The van der Waals surface area contributed by atoms with Crippen LogP contribution in [0.1, 0.15) is 40.5 Å². The van der Waals surface area contributed by atoms with Gasteiger partial charge in [0.1, 0.15) is 0 Å². The van der Waals surface area contributed by atoms with E-state index < -0.39 is 0 Å². The molecule has 0 bridgehead atoms. The van der Waals surface area contributed by atoms with Crippen molar-refractivity contribution >= 4 is 23.4 Å². The highest BCUT2D eigenvalue weighted by Gasteiger charge is 2.16. The van der Waals surface area contributed by atoms with Gasteiger partial charge in [-0.1, -0.05) is 13.0 Å². The summed E-state index contributed by atoms with van der Waals surface area (Å²) in [5.41, 5.74) is 1.46. The Morgan fingerprint density at radius 3 is 2.13 bits per heavy atom. The van der Waals surface area contributed by atoms with Crippen LogP contribution in [0.25, 0.3) is 0 Å². The maximum atomic E-state index is 12.4. The summed E-state index contributed by atoms with van der Waals surface area (Å²) < 4.78 is 10.4. The molecule has 0 atom stereocenters. The van der Waals surface area contributed by atoms with E-state index in [0.717, 1.165) is 6.42 Å². The molecule has 30 heavy (non-hydrogen) atoms. The molecule has 0 saturated heterocycles. The van der Waals surface area contributed by atoms with Crippen LogP contribution in [-0.2, 0) is 4.79 Å². The molecule has 0 aliphatic rings. The summed E-state index contributed by atoms with van der Waals surface area (Å²) in [5, 5.41) is 8.25. The van der Waals surface area contributed by atoms with Crippen LogP contribution in [-0.4, -0.2) is 45.0 Å². The predicted molar refractivity (Wildman–Crippen MR) is 114 cm³/mol. The molecule has 2 rings (SSSR count). The maximum Gasteiger partial charge on any atom is 0.255 e. The van der Waals surface area contributed by atoms with Crippen molar-refractivity contribution in [1.29, 1.82) is 0 Å². The average Bonchev–Trinajstić information content (AvgIpc) is 2.76. The fourth-order valence-corrected chi connectivity index (χ4v) is 2.77. The monoisotopic (exact) mass is 413 g/mol. The van der Waals surface area contributed by atoms with E-state index in [2.05, 4.69) is 16.0 Å². The van der Waals surface area contributed by atoms with E-state index in [1.807, 2.05) is 6.92 Å². The van der Waals surface area contributed by atoms with E-state index in [0.29, 0.717) is 34.7 Å². The number of carbonyl (C=O) groups excluding carboxylic acids is 3. The molecule has 0 saturated carbocycles. The fraction of sp³-hybridized carbons (Fsp3) is 0.318. The van der Waals surface area contributed by atoms with E-state index in [9.17, 15) is 14.4 Å². The lowest BCUT2D eigenvalue weighted by atomic mass is 10.1. The van der Waals surface area contributed by atoms with Gasteiger partial charge in [-0.05, 0) is 42.8 Å². The number of rotatable bonds is 10. The van der Waals surface area contributed by atoms with Crippen molar-refractivity contribution in [3.8, 4) is 11.5 Å². The van der Waals surface area contributed by atoms with Crippen molar-refractivity contribution < 1.29 is 23.9 Å². The Kier molecular flexibility index (Phi) is 8.68. The second kappa shape index (κ2) is 11.5. The second-order valence-corrected chi connectivity index (χ2v) is 6.43. The molecule has 160 valence electrons. The molecule has 0 fully saturated rings. The van der Waals surface area contributed by atoms with E-state index in [1.165, 1.54) is 14.2 Å². The van der Waals surface area contributed by atoms with Gasteiger partial charge in [0.05, 0.1) is 19.8 Å². The van der Waals surface area contributed by atoms with Gasteiger partial charge in [-0.15, -0.1) is 0 Å². The number of methoxy groups -OCH3 is 2. The van der Waals surface area contributed by atoms with Crippen molar-refractivity contribution in [2.45, 2.75) is 19.8 Å². The van der Waals surface area contributed by atoms with Gasteiger partial charge in [-0.2, -0.15) is 0 Å². The van der Waals surface area contributed by atoms with Crippen LogP contribution in [0.2, 0.25) is 0 Å². The summed E-state index contributed by atoms with van der Waals surface area (Å²) in [4.78, 5) is 36.2. The summed E-state index contributed by atoms with van der Waals surface area (Å²) in [6, 6.07) is 11.7. The first-order valence-electron chi connectivity index (χ1n) is 9.67. The molecule has 0 aliphatic heterocycles. The Morgan fingerprint density at radius 1 is 0.867 bits per heavy atom. The van der Waals surface area contributed by atoms with E-state index >= 15 is 0 Å². The lowest BCUT2D eigenvalue weighted by Crippen LogP contribution is -2.34. The molecule has 0 aliphatic carbocycles. The molecule has 8 nitrogen and oxygen atoms in total. The van der Waals surface area contributed by atoms with Crippen LogP contribution in [0.5, 0.6) is 11.5 Å². The van der Waals surface area contributed by atoms with Crippen LogP contribution in [0.3, 0.4) is 0 Å². The second-order valence-electron chi connectivity index (χ2n) is 6.43. The first kappa shape index (κ1) is 22.7. The third-order valence-corrected chi connectivity index (χ3v) is 4.25. The minimum Gasteiger partial charge on any atom is -0.493 e. The maximum absolute atomic E-state index is 12.4. The third kappa shape index (κ3) is 6.23. The Morgan fingerprint density at radius 2 is 1.53 bits per heavy atom. The Hall–Kier alpha value is -3.55. The topological polar surface area (TPSA) is 106 Å². The smallest absolute Gasteiger partial charge is 0.255 e. The normalized spacial score (nSPS) is 10.1. The van der Waals surface area contributed by atoms with Crippen molar-refractivity contribution in [2.75, 3.05) is 32.6 Å². The number of hydrogen-bond acceptors (Lipinski definition) is 5. The molecule has 3 amide bonds. The highest BCUT2D eigenvalue weighted by Crippen LogP contribution is 2.30. The van der Waals surface area contributed by atoms with Crippen molar-refractivity contribution in [3.05, 3.63) is 53.6 Å². The van der Waals surface area contributed by atoms with Crippen LogP contribution < -0.4 is 25.4 Å². The molecule has 0 spiro atoms. The Bertz CT molecular complexity index is 881. The molecule has 8 heteroatoms. The van der Waals surface area contributed by atoms with Gasteiger partial charge in [-0.3, -0.25) is 14.4 Å². The van der Waals surface area contributed by atoms with Crippen molar-refractivity contribution in [3.63, 3.8) is 0 Å². The van der Waals surface area contributed by atoms with Gasteiger partial charge >= 0.3 is 0 Å². The number of ether oxygens (including phenoxy) is 2. The van der Waals surface area contributed by atoms with Crippen LogP contribution in [0, 0.1) is 0 Å². The van der Waals surface area contributed by atoms with Gasteiger partial charge in [0.25, 0.3) is 11.8 Å². The van der Waals surface area contributed by atoms with Gasteiger partial charge < -0.3 is 25.4 Å². The van der Waals surface area contributed by atoms with E-state index in [1.54, 1.807) is 42.5 Å². The number of nitrogens with one attached hydrogen (secondary N) is 3. The summed E-state index contributed by atoms with van der Waals surface area (Å²) >= 11 is 0. The first-order valence-corrected chi connectivity index (χ1v) is 9.67. The molecular weight excluding hydrogens is 386 g/mol. The van der Waals surface area contributed by atoms with Gasteiger partial charge in [-0.25, -0.2) is 0 Å². The number of amides is 3. The largest absolute Gasteiger partial charge is 0.493 e. The molecule has 0 aromatic heterocycles. The fourth-order valence-electron chi connectivity index (χ4n) is 2.77. The molecule has 2 aromatic rings. The SMILES string of the molecule is CCCC(=O)Nc1ccc(C(=O)NCCNC(=O)c2cccc(OC)c2OC)cc1. The van der Waals surface area contributed by atoms with E-state index in [4.69, 9.17) is 9.47 Å². The standard InChI is InChI=1S/C22H27N3O5/c1-4-6-19(26)25-16-11-9-15(10-12-16)21(27)23-13-14-24-22(28)17-7-5-8-18(29-2)20(17)30-3/h5,7-12H,4,6,13-14H2,1-3H3,(H,23,27)(H,24,28)(H,25,26). The molecule has 0 unspecified atom stereocenters. The minimum absolute atomic E-state index is 0.0573. The molecule has 2 aromatic carbocycles. The zero-order chi connectivity index (χ0) is 21.9. The summed E-state index contributed by atoms with van der Waals surface area (Å²) in [5.74, 6) is 0.167. The van der Waals surface area contributed by atoms with Crippen LogP contribution in [0.4, 0.5) is 5.69 Å². The number of carbonyl (C=O) groups is 3. The number of benzene rings is 2. The van der Waals surface area contributed by atoms with Crippen LogP contribution in [0.15, 0.2) is 42.5 Å². The number of hydrogen-bond donors (Lipinski definition) is 3. The Balaban J connectivity index is 1.82. The molecule has 0 radical (unpaired) electrons. The van der Waals surface area contributed by atoms with Gasteiger partial charge in [0, 0.05) is 30.8 Å². The minimum atomic E-state index is -0.327. The summed E-state index contributed by atoms with van der Waals surface area (Å²) in [6.45, 7) is 2.44. The highest BCUT2D eigenvalue weighted by molar-refractivity contribution is 5.98. The van der Waals surface area contributed by atoms with Gasteiger partial charge in [0.2, 0.25) is 5.91 Å². The zero-order valence-corrected chi connectivity index (χ0v) is 17.4. The lowest BCUT2D eigenvalue weighted by molar-refractivity contribution is -0.116. The van der Waals surface area contributed by atoms with Gasteiger partial charge in [0.15, 0.2) is 11.5 Å². The first-order chi connectivity index (χ1) is 14.5. The highest BCUT2D eigenvalue weighted by atomic mass is 16.5. The zero-order valence-electron chi connectivity index (χ0n) is 17.4. The molecule has 0 heterocycles. The molecular formula is C22H27N3O5. The Labute approximate surface area is 175 Å². The summed E-state index contributed by atoms with van der Waals surface area (Å²) in [7, 11) is 2.97. The van der Waals surface area contributed by atoms with Crippen molar-refractivity contribution in [1.82, 2.24) is 10.6 Å². The van der Waals surface area contributed by atoms with Crippen LogP contribution >= 0.6 is 0 Å². The van der Waals surface area contributed by atoms with E-state index in [-0.39, 0.29) is 30.8 Å². The van der Waals surface area contributed by atoms with Crippen molar-refractivity contribution in [2.24, 2.45) is 0 Å². The number of anilines is 1.